The summed E-state index contributed by atoms with van der Waals surface area (Å²) in [6.45, 7) is 15.7. The highest BCUT2D eigenvalue weighted by Crippen LogP contribution is 2.24. The Balaban J connectivity index is 5.28. The minimum absolute atomic E-state index is 0.730. The van der Waals surface area contributed by atoms with Gasteiger partial charge in [0.05, 0.1) is 0 Å². The van der Waals surface area contributed by atoms with Gasteiger partial charge in [-0.15, -0.1) is 0 Å². The first-order chi connectivity index (χ1) is 7.44. The van der Waals surface area contributed by atoms with Gasteiger partial charge in [0.2, 0.25) is 0 Å². The van der Waals surface area contributed by atoms with E-state index < -0.39 is 16.8 Å². The van der Waals surface area contributed by atoms with Crippen LogP contribution in [0.5, 0.6) is 0 Å². The molecule has 3 nitrogen and oxygen atoms in total. The summed E-state index contributed by atoms with van der Waals surface area (Å²) in [5, 5.41) is 0. The molecule has 0 rings (SSSR count). The van der Waals surface area contributed by atoms with Gasteiger partial charge in [0.1, 0.15) is 0 Å². The first-order valence-electron chi connectivity index (χ1n) is 6.56. The van der Waals surface area contributed by atoms with Crippen molar-refractivity contribution >= 4 is 16.8 Å². The predicted molar refractivity (Wildman–Crippen MR) is 83.9 cm³/mol. The Morgan fingerprint density at radius 2 is 1.06 bits per heavy atom. The monoisotopic (exact) mass is 275 g/mol. The summed E-state index contributed by atoms with van der Waals surface area (Å²) in [6, 6.07) is 0. The van der Waals surface area contributed by atoms with E-state index in [0.717, 1.165) is 5.92 Å². The fourth-order valence-corrected chi connectivity index (χ4v) is 11.1. The highest BCUT2D eigenvalue weighted by atomic mass is 28.4. The van der Waals surface area contributed by atoms with Gasteiger partial charge in [0.25, 0.3) is 0 Å². The maximum atomic E-state index is 2.85. The molecule has 0 radical (unpaired) electrons. The maximum absolute atomic E-state index is 2.85. The van der Waals surface area contributed by atoms with Crippen molar-refractivity contribution in [1.82, 2.24) is 13.4 Å². The van der Waals surface area contributed by atoms with E-state index in [0.29, 0.717) is 0 Å². The Morgan fingerprint density at radius 1 is 0.765 bits per heavy atom. The molecule has 17 heavy (non-hydrogen) atoms. The summed E-state index contributed by atoms with van der Waals surface area (Å²) in [6.07, 6.45) is 0. The van der Waals surface area contributed by atoms with E-state index in [1.54, 1.807) is 0 Å². The van der Waals surface area contributed by atoms with E-state index in [2.05, 4.69) is 81.6 Å². The Morgan fingerprint density at radius 3 is 1.24 bits per heavy atom. The van der Waals surface area contributed by atoms with Crippen molar-refractivity contribution in [2.45, 2.75) is 40.0 Å². The largest absolute Gasteiger partial charge is 0.321 e. The van der Waals surface area contributed by atoms with Crippen LogP contribution in [0.2, 0.25) is 26.2 Å². The zero-order valence-electron chi connectivity index (χ0n) is 13.6. The predicted octanol–water partition coefficient (Wildman–Crippen LogP) is 2.47. The molecule has 0 aliphatic heterocycles. The van der Waals surface area contributed by atoms with Crippen LogP contribution in [0, 0.1) is 5.92 Å². The van der Waals surface area contributed by atoms with Crippen molar-refractivity contribution in [3.8, 4) is 0 Å². The molecular formula is C12H33N3Si2. The molecule has 0 bridgehead atoms. The topological polar surface area (TPSA) is 9.72 Å². The van der Waals surface area contributed by atoms with Crippen molar-refractivity contribution in [3.05, 3.63) is 0 Å². The zero-order chi connectivity index (χ0) is 14.0. The van der Waals surface area contributed by atoms with E-state index in [4.69, 9.17) is 0 Å². The molecule has 0 unspecified atom stereocenters. The number of rotatable bonds is 6. The van der Waals surface area contributed by atoms with Crippen LogP contribution < -0.4 is 0 Å². The van der Waals surface area contributed by atoms with Gasteiger partial charge in [-0.3, -0.25) is 0 Å². The normalized spacial score (nSPS) is 14.5. The average Bonchev–Trinajstić information content (AvgIpc) is 2.12. The van der Waals surface area contributed by atoms with Crippen LogP contribution in [-0.4, -0.2) is 64.9 Å². The van der Waals surface area contributed by atoms with Crippen LogP contribution in [0.3, 0.4) is 0 Å². The molecule has 0 aliphatic rings. The van der Waals surface area contributed by atoms with Gasteiger partial charge in [-0.1, -0.05) is 13.8 Å². The van der Waals surface area contributed by atoms with Crippen LogP contribution >= 0.6 is 0 Å². The summed E-state index contributed by atoms with van der Waals surface area (Å²) in [5.74, 6) is 0.730. The van der Waals surface area contributed by atoms with Crippen LogP contribution in [0.1, 0.15) is 13.8 Å². The van der Waals surface area contributed by atoms with Gasteiger partial charge < -0.3 is 13.4 Å². The molecule has 0 aromatic carbocycles. The summed E-state index contributed by atoms with van der Waals surface area (Å²) < 4.78 is 7.78. The lowest BCUT2D eigenvalue weighted by atomic mass is 10.2. The molecule has 0 spiro atoms. The fraction of sp³-hybridized carbons (Fsp3) is 1.00. The first-order valence-corrected chi connectivity index (χ1v) is 12.4. The lowest BCUT2D eigenvalue weighted by Gasteiger charge is -2.52. The lowest BCUT2D eigenvalue weighted by molar-refractivity contribution is 0.407. The second-order valence-electron chi connectivity index (χ2n) is 6.78. The molecule has 104 valence electrons. The van der Waals surface area contributed by atoms with Crippen LogP contribution in [0.15, 0.2) is 0 Å². The molecule has 5 heteroatoms. The summed E-state index contributed by atoms with van der Waals surface area (Å²) >= 11 is 0. The standard InChI is InChI=1S/C12H33N3Si2/c1-12(2)11-15(16(7,8)13(3)4)17(9,10)14(5)6/h12H,11H2,1-10H3. The third-order valence-electron chi connectivity index (χ3n) is 4.06. The summed E-state index contributed by atoms with van der Waals surface area (Å²) in [5.41, 5.74) is 0. The van der Waals surface area contributed by atoms with Crippen molar-refractivity contribution in [2.24, 2.45) is 5.92 Å². The van der Waals surface area contributed by atoms with Crippen molar-refractivity contribution in [3.63, 3.8) is 0 Å². The molecule has 0 aromatic rings. The Kier molecular flexibility index (Phi) is 6.08. The first kappa shape index (κ1) is 17.3. The summed E-state index contributed by atoms with van der Waals surface area (Å²) in [7, 11) is 5.97. The van der Waals surface area contributed by atoms with Crippen LogP contribution in [0.4, 0.5) is 0 Å². The molecule has 0 saturated heterocycles. The van der Waals surface area contributed by atoms with Gasteiger partial charge in [0, 0.05) is 0 Å². The van der Waals surface area contributed by atoms with Gasteiger partial charge in [-0.2, -0.15) is 0 Å². The van der Waals surface area contributed by atoms with Gasteiger partial charge in [-0.25, -0.2) is 0 Å². The van der Waals surface area contributed by atoms with E-state index in [-0.39, 0.29) is 0 Å². The molecule has 0 heterocycles. The number of hydrogen-bond acceptors (Lipinski definition) is 3. The zero-order valence-corrected chi connectivity index (χ0v) is 15.6. The maximum Gasteiger partial charge on any atom is 0.194 e. The van der Waals surface area contributed by atoms with E-state index >= 15 is 0 Å². The Labute approximate surface area is 111 Å². The minimum atomic E-state index is -1.48. The van der Waals surface area contributed by atoms with Gasteiger partial charge in [-0.05, 0) is 66.8 Å². The SMILES string of the molecule is CC(C)CN([Si](C)(C)N(C)C)[Si](C)(C)N(C)C. The molecule has 0 atom stereocenters. The molecule has 0 aliphatic carbocycles. The lowest BCUT2D eigenvalue weighted by Crippen LogP contribution is -2.72. The molecule has 0 amide bonds. The Hall–Kier alpha value is 0.314. The molecule has 0 N–H and O–H groups in total. The Bertz CT molecular complexity index is 218. The molecule has 0 fully saturated rings. The highest BCUT2D eigenvalue weighted by molar-refractivity contribution is 6.88. The highest BCUT2D eigenvalue weighted by Gasteiger charge is 2.44. The van der Waals surface area contributed by atoms with Gasteiger partial charge in [0.15, 0.2) is 16.8 Å². The smallest absolute Gasteiger partial charge is 0.194 e. The second kappa shape index (κ2) is 5.97. The third kappa shape index (κ3) is 4.17. The molecule has 0 aromatic heterocycles. The number of hydrogen-bond donors (Lipinski definition) is 0. The van der Waals surface area contributed by atoms with Crippen molar-refractivity contribution in [1.29, 1.82) is 0 Å². The second-order valence-corrected chi connectivity index (χ2v) is 16.1. The quantitative estimate of drug-likeness (QED) is 0.690. The van der Waals surface area contributed by atoms with E-state index in [1.807, 2.05) is 0 Å². The van der Waals surface area contributed by atoms with Crippen molar-refractivity contribution < 1.29 is 0 Å². The van der Waals surface area contributed by atoms with Crippen molar-refractivity contribution in [2.75, 3.05) is 34.7 Å². The van der Waals surface area contributed by atoms with Crippen LogP contribution in [0.25, 0.3) is 0 Å². The van der Waals surface area contributed by atoms with Gasteiger partial charge >= 0.3 is 0 Å². The fourth-order valence-electron chi connectivity index (χ4n) is 1.96. The number of nitrogens with zero attached hydrogens (tertiary/aromatic N) is 3. The van der Waals surface area contributed by atoms with E-state index in [9.17, 15) is 0 Å². The average molecular weight is 276 g/mol. The molecular weight excluding hydrogens is 242 g/mol. The van der Waals surface area contributed by atoms with Crippen LogP contribution in [-0.2, 0) is 0 Å². The summed E-state index contributed by atoms with van der Waals surface area (Å²) in [4.78, 5) is 0. The third-order valence-corrected chi connectivity index (χ3v) is 14.7. The van der Waals surface area contributed by atoms with E-state index in [1.165, 1.54) is 6.54 Å². The minimum Gasteiger partial charge on any atom is -0.321 e. The molecule has 0 saturated carbocycles.